The Balaban J connectivity index is 1.38. The van der Waals surface area contributed by atoms with Gasteiger partial charge in [0.1, 0.15) is 12.4 Å². The van der Waals surface area contributed by atoms with Gasteiger partial charge in [-0.15, -0.1) is 0 Å². The summed E-state index contributed by atoms with van der Waals surface area (Å²) in [6.45, 7) is 10.3. The van der Waals surface area contributed by atoms with Gasteiger partial charge in [0.15, 0.2) is 0 Å². The van der Waals surface area contributed by atoms with Crippen LogP contribution in [0, 0.1) is 0 Å². The highest BCUT2D eigenvalue weighted by molar-refractivity contribution is 8.12. The number of nitrogens with one attached hydrogen (secondary N) is 3. The molecule has 2 aromatic rings. The first-order valence-corrected chi connectivity index (χ1v) is 18.7. The summed E-state index contributed by atoms with van der Waals surface area (Å²) in [5.41, 5.74) is 6.22. The Morgan fingerprint density at radius 3 is 1.37 bits per heavy atom. The van der Waals surface area contributed by atoms with Crippen molar-refractivity contribution in [3.05, 3.63) is 48.5 Å². The van der Waals surface area contributed by atoms with E-state index >= 15 is 0 Å². The highest BCUT2D eigenvalue weighted by Crippen LogP contribution is 2.20. The van der Waals surface area contributed by atoms with Crippen molar-refractivity contribution in [1.82, 2.24) is 5.43 Å². The molecule has 3 N–H and O–H groups in total. The first-order chi connectivity index (χ1) is 23.9. The van der Waals surface area contributed by atoms with Crippen LogP contribution in [-0.4, -0.2) is 132 Å². The van der Waals surface area contributed by atoms with E-state index in [-0.39, 0.29) is 10.1 Å². The lowest BCUT2D eigenvalue weighted by Crippen LogP contribution is -2.25. The number of anilines is 2. The standard InChI is InChI=1S/C32H51N3O12S2/c1-3-39-12-13-40-14-15-41-16-17-42-18-19-43-20-21-44-22-23-45-24-25-46-26-27-47-30-8-10-31(11-9-30)49(37,38)35-29-6-4-28(5-7-29)33-34-32(36)48-2/h4-11,33,35H,3,12-27H2,1-2H3,(H,34,36). The Morgan fingerprint density at radius 1 is 0.571 bits per heavy atom. The van der Waals surface area contributed by atoms with Gasteiger partial charge in [0.25, 0.3) is 15.3 Å². The van der Waals surface area contributed by atoms with Crippen LogP contribution >= 0.6 is 11.8 Å². The fourth-order valence-electron chi connectivity index (χ4n) is 3.63. The monoisotopic (exact) mass is 733 g/mol. The fraction of sp³-hybridized carbons (Fsp3) is 0.594. The van der Waals surface area contributed by atoms with E-state index in [0.29, 0.717) is 129 Å². The third-order valence-corrected chi connectivity index (χ3v) is 7.94. The van der Waals surface area contributed by atoms with Crippen LogP contribution in [0.25, 0.3) is 0 Å². The van der Waals surface area contributed by atoms with E-state index in [2.05, 4.69) is 15.6 Å². The van der Waals surface area contributed by atoms with Crippen molar-refractivity contribution in [3.8, 4) is 5.75 Å². The van der Waals surface area contributed by atoms with Gasteiger partial charge in [0, 0.05) is 12.3 Å². The molecule has 0 aromatic heterocycles. The maximum atomic E-state index is 12.7. The van der Waals surface area contributed by atoms with E-state index in [1.807, 2.05) is 6.92 Å². The summed E-state index contributed by atoms with van der Waals surface area (Å²) in [7, 11) is -3.80. The number of hydrazine groups is 1. The van der Waals surface area contributed by atoms with E-state index in [1.54, 1.807) is 42.7 Å². The van der Waals surface area contributed by atoms with Crippen molar-refractivity contribution < 1.29 is 55.8 Å². The molecule has 0 aliphatic rings. The van der Waals surface area contributed by atoms with Crippen LogP contribution in [0.15, 0.2) is 53.4 Å². The molecule has 2 rings (SSSR count). The molecule has 2 aromatic carbocycles. The number of thioether (sulfide) groups is 1. The molecular weight excluding hydrogens is 682 g/mol. The zero-order valence-corrected chi connectivity index (χ0v) is 30.0. The van der Waals surface area contributed by atoms with E-state index in [0.717, 1.165) is 11.8 Å². The molecule has 1 amide bonds. The van der Waals surface area contributed by atoms with Crippen LogP contribution in [0.3, 0.4) is 0 Å². The minimum Gasteiger partial charge on any atom is -0.491 e. The molecule has 0 unspecified atom stereocenters. The fourth-order valence-corrected chi connectivity index (χ4v) is 4.84. The minimum absolute atomic E-state index is 0.0914. The largest absolute Gasteiger partial charge is 0.491 e. The number of carbonyl (C=O) groups excluding carboxylic acids is 1. The average Bonchev–Trinajstić information content (AvgIpc) is 3.11. The summed E-state index contributed by atoms with van der Waals surface area (Å²) in [4.78, 5) is 11.4. The number of amides is 1. The highest BCUT2D eigenvalue weighted by atomic mass is 32.2. The molecule has 0 atom stereocenters. The van der Waals surface area contributed by atoms with E-state index in [9.17, 15) is 13.2 Å². The summed E-state index contributed by atoms with van der Waals surface area (Å²) in [6, 6.07) is 12.6. The Hall–Kier alpha value is -2.71. The second-order valence-electron chi connectivity index (χ2n) is 9.73. The lowest BCUT2D eigenvalue weighted by atomic mass is 10.3. The SMILES string of the molecule is CCOCCOCCOCCOCCOCCOCCOCCOCCOc1ccc(S(=O)(=O)Nc2ccc(NNC(=O)SC)cc2)cc1. The zero-order valence-electron chi connectivity index (χ0n) is 28.4. The maximum Gasteiger partial charge on any atom is 0.297 e. The molecule has 0 spiro atoms. The molecule has 0 saturated carbocycles. The van der Waals surface area contributed by atoms with Crippen molar-refractivity contribution >= 4 is 38.4 Å². The van der Waals surface area contributed by atoms with Crippen molar-refractivity contribution in [2.75, 3.05) is 129 Å². The molecule has 0 saturated heterocycles. The Kier molecular flexibility index (Phi) is 24.3. The molecule has 0 bridgehead atoms. The molecular formula is C32H51N3O12S2. The number of rotatable bonds is 31. The van der Waals surface area contributed by atoms with Crippen LogP contribution < -0.4 is 20.3 Å². The number of ether oxygens (including phenoxy) is 9. The molecule has 17 heteroatoms. The summed E-state index contributed by atoms with van der Waals surface area (Å²) < 4.78 is 77.0. The van der Waals surface area contributed by atoms with Crippen LogP contribution in [0.2, 0.25) is 0 Å². The lowest BCUT2D eigenvalue weighted by molar-refractivity contribution is -0.0233. The third-order valence-electron chi connectivity index (χ3n) is 6.07. The van der Waals surface area contributed by atoms with Gasteiger partial charge in [-0.05, 0) is 61.7 Å². The Labute approximate surface area is 293 Å². The molecule has 0 aliphatic carbocycles. The van der Waals surface area contributed by atoms with Crippen LogP contribution in [0.5, 0.6) is 5.75 Å². The molecule has 278 valence electrons. The van der Waals surface area contributed by atoms with Crippen LogP contribution in [0.4, 0.5) is 16.2 Å². The van der Waals surface area contributed by atoms with Crippen molar-refractivity contribution in [2.45, 2.75) is 11.8 Å². The maximum absolute atomic E-state index is 12.7. The first-order valence-electron chi connectivity index (χ1n) is 16.0. The summed E-state index contributed by atoms with van der Waals surface area (Å²) >= 11 is 1.03. The number of sulfonamides is 1. The van der Waals surface area contributed by atoms with Crippen molar-refractivity contribution in [3.63, 3.8) is 0 Å². The Bertz CT molecular complexity index is 1210. The molecule has 0 aliphatic heterocycles. The minimum atomic E-state index is -3.80. The van der Waals surface area contributed by atoms with Gasteiger partial charge in [-0.1, -0.05) is 11.8 Å². The lowest BCUT2D eigenvalue weighted by Gasteiger charge is -2.11. The summed E-state index contributed by atoms with van der Waals surface area (Å²) in [5.74, 6) is 0.520. The second kappa shape index (κ2) is 28.0. The predicted octanol–water partition coefficient (Wildman–Crippen LogP) is 3.42. The van der Waals surface area contributed by atoms with Gasteiger partial charge in [0.05, 0.1) is 110 Å². The van der Waals surface area contributed by atoms with E-state index in [1.165, 1.54) is 12.1 Å². The third kappa shape index (κ3) is 21.9. The normalized spacial score (nSPS) is 11.4. The molecule has 49 heavy (non-hydrogen) atoms. The average molecular weight is 734 g/mol. The highest BCUT2D eigenvalue weighted by Gasteiger charge is 2.14. The van der Waals surface area contributed by atoms with Crippen LogP contribution in [0.1, 0.15) is 6.92 Å². The number of carbonyl (C=O) groups is 1. The number of hydrogen-bond acceptors (Lipinski definition) is 14. The molecule has 0 heterocycles. The topological polar surface area (TPSA) is 170 Å². The van der Waals surface area contributed by atoms with E-state index in [4.69, 9.17) is 42.6 Å². The summed E-state index contributed by atoms with van der Waals surface area (Å²) in [6.07, 6.45) is 1.66. The summed E-state index contributed by atoms with van der Waals surface area (Å²) in [5, 5.41) is -0.240. The quantitative estimate of drug-likeness (QED) is 0.0761. The van der Waals surface area contributed by atoms with Gasteiger partial charge >= 0.3 is 0 Å². The Morgan fingerprint density at radius 2 is 0.959 bits per heavy atom. The predicted molar refractivity (Wildman–Crippen MR) is 187 cm³/mol. The van der Waals surface area contributed by atoms with Gasteiger partial charge < -0.3 is 42.6 Å². The van der Waals surface area contributed by atoms with Crippen molar-refractivity contribution in [2.24, 2.45) is 0 Å². The van der Waals surface area contributed by atoms with Gasteiger partial charge in [0.2, 0.25) is 0 Å². The number of hydrogen-bond donors (Lipinski definition) is 3. The number of benzene rings is 2. The molecule has 0 fully saturated rings. The van der Waals surface area contributed by atoms with Gasteiger partial charge in [-0.3, -0.25) is 20.4 Å². The van der Waals surface area contributed by atoms with Gasteiger partial charge in [-0.2, -0.15) is 0 Å². The molecule has 0 radical (unpaired) electrons. The van der Waals surface area contributed by atoms with Crippen LogP contribution in [-0.2, 0) is 47.9 Å². The zero-order chi connectivity index (χ0) is 35.3. The first kappa shape index (κ1) is 42.5. The second-order valence-corrected chi connectivity index (χ2v) is 12.2. The van der Waals surface area contributed by atoms with Gasteiger partial charge in [-0.25, -0.2) is 8.42 Å². The molecule has 15 nitrogen and oxygen atoms in total. The van der Waals surface area contributed by atoms with Crippen molar-refractivity contribution in [1.29, 1.82) is 0 Å². The van der Waals surface area contributed by atoms with E-state index < -0.39 is 10.0 Å². The smallest absolute Gasteiger partial charge is 0.297 e.